The summed E-state index contributed by atoms with van der Waals surface area (Å²) in [7, 11) is 1.53. The molecule has 5 nitrogen and oxygen atoms in total. The number of rotatable bonds is 6. The van der Waals surface area contributed by atoms with Crippen LogP contribution in [0.15, 0.2) is 47.6 Å². The lowest BCUT2D eigenvalue weighted by Gasteiger charge is -2.11. The zero-order chi connectivity index (χ0) is 16.7. The van der Waals surface area contributed by atoms with Crippen LogP contribution in [-0.4, -0.2) is 25.8 Å². The molecule has 0 aromatic heterocycles. The molecule has 0 aliphatic rings. The summed E-state index contributed by atoms with van der Waals surface area (Å²) >= 11 is 6.15. The number of halogens is 1. The molecule has 2 rings (SSSR count). The van der Waals surface area contributed by atoms with E-state index in [9.17, 15) is 4.79 Å². The molecule has 2 aromatic rings. The van der Waals surface area contributed by atoms with E-state index in [1.807, 2.05) is 13.0 Å². The van der Waals surface area contributed by atoms with Gasteiger partial charge in [0.05, 0.1) is 25.0 Å². The van der Waals surface area contributed by atoms with Crippen LogP contribution in [-0.2, 0) is 0 Å². The number of hydrazone groups is 1. The molecule has 23 heavy (non-hydrogen) atoms. The van der Waals surface area contributed by atoms with Gasteiger partial charge in [-0.25, -0.2) is 5.43 Å². The van der Waals surface area contributed by atoms with Gasteiger partial charge in [-0.2, -0.15) is 5.10 Å². The SMILES string of the molecule is CCOc1cc(/C=N/NC(=O)c2ccccc2)cc(Cl)c1OC. The van der Waals surface area contributed by atoms with E-state index in [0.717, 1.165) is 0 Å². The lowest BCUT2D eigenvalue weighted by molar-refractivity contribution is 0.0955. The van der Waals surface area contributed by atoms with Gasteiger partial charge < -0.3 is 9.47 Å². The van der Waals surface area contributed by atoms with Crippen molar-refractivity contribution in [2.45, 2.75) is 6.92 Å². The molecule has 0 aliphatic heterocycles. The van der Waals surface area contributed by atoms with Crippen molar-refractivity contribution in [1.29, 1.82) is 0 Å². The van der Waals surface area contributed by atoms with Crippen LogP contribution >= 0.6 is 11.6 Å². The molecule has 0 heterocycles. The maximum Gasteiger partial charge on any atom is 0.271 e. The number of ether oxygens (including phenoxy) is 2. The predicted octanol–water partition coefficient (Wildman–Crippen LogP) is 3.51. The normalized spacial score (nSPS) is 10.6. The highest BCUT2D eigenvalue weighted by Gasteiger charge is 2.10. The van der Waals surface area contributed by atoms with Crippen molar-refractivity contribution in [3.63, 3.8) is 0 Å². The first kappa shape index (κ1) is 16.8. The summed E-state index contributed by atoms with van der Waals surface area (Å²) in [4.78, 5) is 11.9. The summed E-state index contributed by atoms with van der Waals surface area (Å²) in [6, 6.07) is 12.3. The van der Waals surface area contributed by atoms with Crippen molar-refractivity contribution in [3.05, 3.63) is 58.6 Å². The molecule has 0 spiro atoms. The second-order valence-electron chi connectivity index (χ2n) is 4.53. The van der Waals surface area contributed by atoms with Gasteiger partial charge in [-0.1, -0.05) is 29.8 Å². The fourth-order valence-corrected chi connectivity index (χ4v) is 2.24. The van der Waals surface area contributed by atoms with Crippen LogP contribution in [0.2, 0.25) is 5.02 Å². The summed E-state index contributed by atoms with van der Waals surface area (Å²) in [6.45, 7) is 2.35. The van der Waals surface area contributed by atoms with E-state index in [1.165, 1.54) is 13.3 Å². The van der Waals surface area contributed by atoms with Crippen molar-refractivity contribution in [2.75, 3.05) is 13.7 Å². The van der Waals surface area contributed by atoms with E-state index in [-0.39, 0.29) is 5.91 Å². The maximum absolute atomic E-state index is 11.9. The Kier molecular flexibility index (Phi) is 6.00. The van der Waals surface area contributed by atoms with E-state index >= 15 is 0 Å². The molecule has 0 fully saturated rings. The Hall–Kier alpha value is -2.53. The highest BCUT2D eigenvalue weighted by atomic mass is 35.5. The van der Waals surface area contributed by atoms with E-state index in [0.29, 0.717) is 34.3 Å². The standard InChI is InChI=1S/C17H17ClN2O3/c1-3-23-15-10-12(9-14(18)16(15)22-2)11-19-20-17(21)13-7-5-4-6-8-13/h4-11H,3H2,1-2H3,(H,20,21)/b19-11+. The van der Waals surface area contributed by atoms with Crippen molar-refractivity contribution in [2.24, 2.45) is 5.10 Å². The summed E-state index contributed by atoms with van der Waals surface area (Å²) in [6.07, 6.45) is 1.49. The van der Waals surface area contributed by atoms with Crippen LogP contribution in [0.4, 0.5) is 0 Å². The average Bonchev–Trinajstić information content (AvgIpc) is 2.56. The van der Waals surface area contributed by atoms with Gasteiger partial charge in [-0.05, 0) is 36.8 Å². The number of carbonyl (C=O) groups is 1. The molecule has 0 unspecified atom stereocenters. The van der Waals surface area contributed by atoms with Crippen LogP contribution in [0.25, 0.3) is 0 Å². The lowest BCUT2D eigenvalue weighted by atomic mass is 10.2. The Labute approximate surface area is 139 Å². The maximum atomic E-state index is 11.9. The Bertz CT molecular complexity index is 702. The summed E-state index contributed by atoms with van der Waals surface area (Å²) in [5.41, 5.74) is 3.68. The quantitative estimate of drug-likeness (QED) is 0.650. The van der Waals surface area contributed by atoms with Gasteiger partial charge >= 0.3 is 0 Å². The molecule has 0 radical (unpaired) electrons. The number of benzene rings is 2. The summed E-state index contributed by atoms with van der Waals surface area (Å²) in [5, 5.41) is 4.35. The first-order chi connectivity index (χ1) is 11.2. The number of amides is 1. The first-order valence-corrected chi connectivity index (χ1v) is 7.42. The summed E-state index contributed by atoms with van der Waals surface area (Å²) in [5.74, 6) is 0.712. The van der Waals surface area contributed by atoms with Crippen molar-refractivity contribution in [1.82, 2.24) is 5.43 Å². The van der Waals surface area contributed by atoms with Crippen LogP contribution in [0.1, 0.15) is 22.8 Å². The minimum Gasteiger partial charge on any atom is -0.491 e. The zero-order valence-corrected chi connectivity index (χ0v) is 13.6. The molecule has 0 bridgehead atoms. The summed E-state index contributed by atoms with van der Waals surface area (Å²) < 4.78 is 10.7. The van der Waals surface area contributed by atoms with E-state index in [4.69, 9.17) is 21.1 Å². The van der Waals surface area contributed by atoms with E-state index in [2.05, 4.69) is 10.5 Å². The molecule has 6 heteroatoms. The van der Waals surface area contributed by atoms with Gasteiger partial charge in [0.2, 0.25) is 0 Å². The van der Waals surface area contributed by atoms with Crippen LogP contribution in [0.5, 0.6) is 11.5 Å². The average molecular weight is 333 g/mol. The molecule has 0 saturated heterocycles. The largest absolute Gasteiger partial charge is 0.491 e. The van der Waals surface area contributed by atoms with Crippen LogP contribution < -0.4 is 14.9 Å². The lowest BCUT2D eigenvalue weighted by Crippen LogP contribution is -2.17. The Morgan fingerprint density at radius 1 is 1.30 bits per heavy atom. The third kappa shape index (κ3) is 4.47. The molecule has 1 amide bonds. The first-order valence-electron chi connectivity index (χ1n) is 7.04. The third-order valence-corrected chi connectivity index (χ3v) is 3.23. The second kappa shape index (κ2) is 8.19. The van der Waals surface area contributed by atoms with Crippen molar-refractivity contribution < 1.29 is 14.3 Å². The zero-order valence-electron chi connectivity index (χ0n) is 12.9. The molecule has 0 aliphatic carbocycles. The van der Waals surface area contributed by atoms with Gasteiger partial charge in [0, 0.05) is 5.56 Å². The van der Waals surface area contributed by atoms with E-state index in [1.54, 1.807) is 36.4 Å². The second-order valence-corrected chi connectivity index (χ2v) is 4.94. The van der Waals surface area contributed by atoms with E-state index < -0.39 is 0 Å². The van der Waals surface area contributed by atoms with Crippen molar-refractivity contribution in [3.8, 4) is 11.5 Å². The minimum atomic E-state index is -0.286. The molecule has 0 atom stereocenters. The fraction of sp³-hybridized carbons (Fsp3) is 0.176. The number of nitrogens with zero attached hydrogens (tertiary/aromatic N) is 1. The highest BCUT2D eigenvalue weighted by Crippen LogP contribution is 2.35. The smallest absolute Gasteiger partial charge is 0.271 e. The highest BCUT2D eigenvalue weighted by molar-refractivity contribution is 6.32. The predicted molar refractivity (Wildman–Crippen MR) is 90.7 cm³/mol. The molecular weight excluding hydrogens is 316 g/mol. The van der Waals surface area contributed by atoms with Crippen LogP contribution in [0.3, 0.4) is 0 Å². The number of nitrogens with one attached hydrogen (secondary N) is 1. The number of methoxy groups -OCH3 is 1. The Balaban J connectivity index is 2.12. The molecular formula is C17H17ClN2O3. The number of carbonyl (C=O) groups excluding carboxylic acids is 1. The Morgan fingerprint density at radius 2 is 2.04 bits per heavy atom. The van der Waals surface area contributed by atoms with Crippen LogP contribution in [0, 0.1) is 0 Å². The topological polar surface area (TPSA) is 59.9 Å². The molecule has 1 N–H and O–H groups in total. The molecule has 0 saturated carbocycles. The molecule has 120 valence electrons. The monoisotopic (exact) mass is 332 g/mol. The van der Waals surface area contributed by atoms with Gasteiger partial charge in [0.25, 0.3) is 5.91 Å². The van der Waals surface area contributed by atoms with Crippen molar-refractivity contribution >= 4 is 23.7 Å². The van der Waals surface area contributed by atoms with Gasteiger partial charge in [-0.15, -0.1) is 0 Å². The number of hydrogen-bond acceptors (Lipinski definition) is 4. The van der Waals surface area contributed by atoms with Gasteiger partial charge in [-0.3, -0.25) is 4.79 Å². The van der Waals surface area contributed by atoms with Gasteiger partial charge in [0.1, 0.15) is 0 Å². The van der Waals surface area contributed by atoms with Gasteiger partial charge in [0.15, 0.2) is 11.5 Å². The molecule has 2 aromatic carbocycles. The minimum absolute atomic E-state index is 0.286. The number of hydrogen-bond donors (Lipinski definition) is 1. The fourth-order valence-electron chi connectivity index (χ4n) is 1.94. The third-order valence-electron chi connectivity index (χ3n) is 2.95. The Morgan fingerprint density at radius 3 is 2.70 bits per heavy atom.